The number of aromatic nitrogens is 1. The third-order valence-corrected chi connectivity index (χ3v) is 2.74. The SMILES string of the molecule is COc1ccccc1CN(C)Cc1cc(C)on1. The van der Waals surface area contributed by atoms with Crippen LogP contribution in [0.25, 0.3) is 0 Å². The van der Waals surface area contributed by atoms with Gasteiger partial charge in [0, 0.05) is 24.7 Å². The average Bonchev–Trinajstić information content (AvgIpc) is 2.75. The first-order valence-corrected chi connectivity index (χ1v) is 5.91. The third kappa shape index (κ3) is 3.11. The molecule has 0 saturated carbocycles. The lowest BCUT2D eigenvalue weighted by Gasteiger charge is -2.16. The number of para-hydroxylation sites is 1. The van der Waals surface area contributed by atoms with Gasteiger partial charge in [-0.05, 0) is 20.0 Å². The number of nitrogens with zero attached hydrogens (tertiary/aromatic N) is 2. The second kappa shape index (κ2) is 5.69. The molecule has 0 aliphatic rings. The number of ether oxygens (including phenoxy) is 1. The molecule has 0 aliphatic carbocycles. The van der Waals surface area contributed by atoms with Crippen LogP contribution >= 0.6 is 0 Å². The standard InChI is InChI=1S/C14H18N2O2/c1-11-8-13(15-18-11)10-16(2)9-12-6-4-5-7-14(12)17-3/h4-8H,9-10H2,1-3H3. The van der Waals surface area contributed by atoms with E-state index in [4.69, 9.17) is 9.26 Å². The van der Waals surface area contributed by atoms with Crippen molar-refractivity contribution >= 4 is 0 Å². The van der Waals surface area contributed by atoms with Crippen LogP contribution in [0.3, 0.4) is 0 Å². The van der Waals surface area contributed by atoms with Crippen molar-refractivity contribution in [3.63, 3.8) is 0 Å². The Balaban J connectivity index is 2.00. The summed E-state index contributed by atoms with van der Waals surface area (Å²) in [6.07, 6.45) is 0. The molecule has 0 radical (unpaired) electrons. The van der Waals surface area contributed by atoms with Gasteiger partial charge >= 0.3 is 0 Å². The van der Waals surface area contributed by atoms with Gasteiger partial charge in [-0.1, -0.05) is 23.4 Å². The molecule has 0 N–H and O–H groups in total. The minimum Gasteiger partial charge on any atom is -0.496 e. The van der Waals surface area contributed by atoms with Crippen molar-refractivity contribution in [2.75, 3.05) is 14.2 Å². The van der Waals surface area contributed by atoms with Crippen molar-refractivity contribution < 1.29 is 9.26 Å². The van der Waals surface area contributed by atoms with E-state index < -0.39 is 0 Å². The zero-order chi connectivity index (χ0) is 13.0. The Morgan fingerprint density at radius 1 is 1.28 bits per heavy atom. The summed E-state index contributed by atoms with van der Waals surface area (Å²) >= 11 is 0. The van der Waals surface area contributed by atoms with Gasteiger partial charge in [0.25, 0.3) is 0 Å². The summed E-state index contributed by atoms with van der Waals surface area (Å²) in [5.41, 5.74) is 2.12. The molecule has 0 saturated heterocycles. The zero-order valence-corrected chi connectivity index (χ0v) is 11.0. The van der Waals surface area contributed by atoms with Gasteiger partial charge in [0.1, 0.15) is 11.5 Å². The van der Waals surface area contributed by atoms with Crippen LogP contribution in [0.4, 0.5) is 0 Å². The summed E-state index contributed by atoms with van der Waals surface area (Å²) in [7, 11) is 3.75. The summed E-state index contributed by atoms with van der Waals surface area (Å²) in [6.45, 7) is 3.47. The maximum Gasteiger partial charge on any atom is 0.133 e. The van der Waals surface area contributed by atoms with Crippen LogP contribution in [0, 0.1) is 6.92 Å². The second-order valence-electron chi connectivity index (χ2n) is 4.41. The maximum absolute atomic E-state index is 5.34. The Morgan fingerprint density at radius 3 is 2.72 bits per heavy atom. The molecule has 96 valence electrons. The lowest BCUT2D eigenvalue weighted by Crippen LogP contribution is -2.17. The van der Waals surface area contributed by atoms with Gasteiger partial charge < -0.3 is 9.26 Å². The van der Waals surface area contributed by atoms with Crippen molar-refractivity contribution in [3.05, 3.63) is 47.3 Å². The van der Waals surface area contributed by atoms with E-state index in [1.807, 2.05) is 31.2 Å². The fourth-order valence-electron chi connectivity index (χ4n) is 1.95. The number of hydrogen-bond acceptors (Lipinski definition) is 4. The van der Waals surface area contributed by atoms with Gasteiger partial charge in [-0.25, -0.2) is 0 Å². The van der Waals surface area contributed by atoms with Crippen LogP contribution in [0.15, 0.2) is 34.9 Å². The molecule has 0 spiro atoms. The lowest BCUT2D eigenvalue weighted by atomic mass is 10.2. The van der Waals surface area contributed by atoms with Crippen molar-refractivity contribution in [1.82, 2.24) is 10.1 Å². The monoisotopic (exact) mass is 246 g/mol. The molecule has 0 fully saturated rings. The van der Waals surface area contributed by atoms with Crippen LogP contribution < -0.4 is 4.74 Å². The number of hydrogen-bond donors (Lipinski definition) is 0. The van der Waals surface area contributed by atoms with E-state index in [9.17, 15) is 0 Å². The quantitative estimate of drug-likeness (QED) is 0.813. The van der Waals surface area contributed by atoms with Crippen LogP contribution in [-0.4, -0.2) is 24.2 Å². The van der Waals surface area contributed by atoms with Crippen molar-refractivity contribution in [2.24, 2.45) is 0 Å². The summed E-state index contributed by atoms with van der Waals surface area (Å²) in [4.78, 5) is 2.18. The highest BCUT2D eigenvalue weighted by atomic mass is 16.5. The fraction of sp³-hybridized carbons (Fsp3) is 0.357. The number of benzene rings is 1. The normalized spacial score (nSPS) is 10.9. The molecular formula is C14H18N2O2. The summed E-state index contributed by atoms with van der Waals surface area (Å²) < 4.78 is 10.4. The van der Waals surface area contributed by atoms with E-state index in [0.29, 0.717) is 0 Å². The molecule has 0 aliphatic heterocycles. The molecule has 1 aromatic carbocycles. The predicted molar refractivity (Wildman–Crippen MR) is 69.4 cm³/mol. The first kappa shape index (κ1) is 12.6. The van der Waals surface area contributed by atoms with E-state index >= 15 is 0 Å². The van der Waals surface area contributed by atoms with Gasteiger partial charge in [-0.2, -0.15) is 0 Å². The van der Waals surface area contributed by atoms with E-state index in [1.165, 1.54) is 5.56 Å². The highest BCUT2D eigenvalue weighted by molar-refractivity contribution is 5.33. The maximum atomic E-state index is 5.34. The zero-order valence-electron chi connectivity index (χ0n) is 11.0. The molecule has 0 unspecified atom stereocenters. The predicted octanol–water partition coefficient (Wildman–Crippen LogP) is 2.62. The van der Waals surface area contributed by atoms with Crippen LogP contribution in [0.1, 0.15) is 17.0 Å². The number of rotatable bonds is 5. The molecule has 1 heterocycles. The van der Waals surface area contributed by atoms with Crippen molar-refractivity contribution in [2.45, 2.75) is 20.0 Å². The topological polar surface area (TPSA) is 38.5 Å². The molecule has 2 aromatic rings. The van der Waals surface area contributed by atoms with Crippen LogP contribution in [0.5, 0.6) is 5.75 Å². The largest absolute Gasteiger partial charge is 0.496 e. The van der Waals surface area contributed by atoms with E-state index in [1.54, 1.807) is 7.11 Å². The van der Waals surface area contributed by atoms with Gasteiger partial charge in [0.05, 0.1) is 12.8 Å². The third-order valence-electron chi connectivity index (χ3n) is 2.74. The molecule has 4 heteroatoms. The molecule has 4 nitrogen and oxygen atoms in total. The minimum absolute atomic E-state index is 0.759. The minimum atomic E-state index is 0.759. The molecule has 2 rings (SSSR count). The highest BCUT2D eigenvalue weighted by Gasteiger charge is 2.08. The van der Waals surface area contributed by atoms with Crippen molar-refractivity contribution in [1.29, 1.82) is 0 Å². The molecule has 1 aromatic heterocycles. The highest BCUT2D eigenvalue weighted by Crippen LogP contribution is 2.19. The first-order chi connectivity index (χ1) is 8.69. The Morgan fingerprint density at radius 2 is 2.06 bits per heavy atom. The number of aryl methyl sites for hydroxylation is 1. The molecule has 0 amide bonds. The van der Waals surface area contributed by atoms with E-state index in [0.717, 1.165) is 30.3 Å². The first-order valence-electron chi connectivity index (χ1n) is 5.91. The molecular weight excluding hydrogens is 228 g/mol. The summed E-state index contributed by atoms with van der Waals surface area (Å²) in [5.74, 6) is 1.76. The Labute approximate surface area is 107 Å². The lowest BCUT2D eigenvalue weighted by molar-refractivity contribution is 0.295. The Kier molecular flexibility index (Phi) is 3.99. The van der Waals surface area contributed by atoms with Gasteiger partial charge in [0.2, 0.25) is 0 Å². The summed E-state index contributed by atoms with van der Waals surface area (Å²) in [6, 6.07) is 10.0. The Hall–Kier alpha value is -1.81. The average molecular weight is 246 g/mol. The van der Waals surface area contributed by atoms with Crippen LogP contribution in [-0.2, 0) is 13.1 Å². The summed E-state index contributed by atoms with van der Waals surface area (Å²) in [5, 5.41) is 3.99. The van der Waals surface area contributed by atoms with E-state index in [-0.39, 0.29) is 0 Å². The van der Waals surface area contributed by atoms with Crippen LogP contribution in [0.2, 0.25) is 0 Å². The fourth-order valence-corrected chi connectivity index (χ4v) is 1.95. The van der Waals surface area contributed by atoms with E-state index in [2.05, 4.69) is 23.2 Å². The molecule has 18 heavy (non-hydrogen) atoms. The van der Waals surface area contributed by atoms with Gasteiger partial charge in [0.15, 0.2) is 0 Å². The molecule has 0 bridgehead atoms. The second-order valence-corrected chi connectivity index (χ2v) is 4.41. The smallest absolute Gasteiger partial charge is 0.133 e. The Bertz CT molecular complexity index is 508. The number of methoxy groups -OCH3 is 1. The van der Waals surface area contributed by atoms with Gasteiger partial charge in [-0.3, -0.25) is 4.90 Å². The van der Waals surface area contributed by atoms with Crippen molar-refractivity contribution in [3.8, 4) is 5.75 Å². The van der Waals surface area contributed by atoms with Gasteiger partial charge in [-0.15, -0.1) is 0 Å². The molecule has 0 atom stereocenters.